The van der Waals surface area contributed by atoms with E-state index in [0.29, 0.717) is 5.69 Å². The molecule has 0 aliphatic carbocycles. The third kappa shape index (κ3) is 4.57. The van der Waals surface area contributed by atoms with Gasteiger partial charge in [0, 0.05) is 28.7 Å². The summed E-state index contributed by atoms with van der Waals surface area (Å²) in [5, 5.41) is 3.19. The number of anilines is 2. The molecule has 0 bridgehead atoms. The minimum Gasteiger partial charge on any atom is -0.396 e. The van der Waals surface area contributed by atoms with Gasteiger partial charge in [0.05, 0.1) is 5.69 Å². The van der Waals surface area contributed by atoms with Crippen LogP contribution in [0.5, 0.6) is 0 Å². The molecule has 3 N–H and O–H groups in total. The summed E-state index contributed by atoms with van der Waals surface area (Å²) in [5.41, 5.74) is 6.45. The first-order valence-electron chi connectivity index (χ1n) is 4.57. The zero-order valence-electron chi connectivity index (χ0n) is 8.37. The topological polar surface area (TPSA) is 50.9 Å². The van der Waals surface area contributed by atoms with Gasteiger partial charge in [-0.05, 0) is 22.0 Å². The summed E-state index contributed by atoms with van der Waals surface area (Å²) in [5.74, 6) is 2.74. The summed E-state index contributed by atoms with van der Waals surface area (Å²) < 4.78 is 0.895. The van der Waals surface area contributed by atoms with Gasteiger partial charge < -0.3 is 11.1 Å². The van der Waals surface area contributed by atoms with Crippen LogP contribution in [0.2, 0.25) is 0 Å². The molecule has 1 aromatic rings. The second-order valence-corrected chi connectivity index (χ2v) is 4.95. The molecule has 3 nitrogen and oxygen atoms in total. The molecule has 0 saturated carbocycles. The third-order valence-corrected chi connectivity index (χ3v) is 3.06. The van der Waals surface area contributed by atoms with Gasteiger partial charge in [-0.25, -0.2) is 4.98 Å². The van der Waals surface area contributed by atoms with E-state index in [2.05, 4.69) is 32.8 Å². The molecule has 0 aliphatic heterocycles. The molecule has 0 radical (unpaired) electrons. The van der Waals surface area contributed by atoms with Crippen molar-refractivity contribution in [2.24, 2.45) is 0 Å². The molecule has 15 heavy (non-hydrogen) atoms. The fraction of sp³-hybridized carbons (Fsp3) is 0.300. The number of hydrogen-bond acceptors (Lipinski definition) is 4. The number of rotatable bonds is 6. The third-order valence-electron chi connectivity index (χ3n) is 1.66. The lowest BCUT2D eigenvalue weighted by Gasteiger charge is -2.07. The van der Waals surface area contributed by atoms with E-state index in [1.54, 1.807) is 6.20 Å². The number of aromatic nitrogens is 1. The number of nitrogen functional groups attached to an aromatic ring is 1. The highest BCUT2D eigenvalue weighted by Gasteiger charge is 1.99. The van der Waals surface area contributed by atoms with Crippen LogP contribution in [0.15, 0.2) is 29.4 Å². The molecule has 0 aromatic carbocycles. The summed E-state index contributed by atoms with van der Waals surface area (Å²) in [6, 6.07) is 1.84. The molecule has 0 unspecified atom stereocenters. The fourth-order valence-corrected chi connectivity index (χ4v) is 1.94. The Labute approximate surface area is 103 Å². The zero-order chi connectivity index (χ0) is 11.1. The monoisotopic (exact) mass is 287 g/mol. The fourth-order valence-electron chi connectivity index (χ4n) is 1.01. The van der Waals surface area contributed by atoms with Gasteiger partial charge in [-0.15, -0.1) is 6.58 Å². The second kappa shape index (κ2) is 6.74. The summed E-state index contributed by atoms with van der Waals surface area (Å²) in [7, 11) is 0. The standard InChI is InChI=1S/C10H14BrN3S/c1-2-4-15-5-3-13-10-9(12)6-8(11)7-14-10/h2,6-7H,1,3-5,12H2,(H,13,14). The maximum Gasteiger partial charge on any atom is 0.149 e. The minimum atomic E-state index is 0.665. The Balaban J connectivity index is 2.34. The highest BCUT2D eigenvalue weighted by atomic mass is 79.9. The molecular formula is C10H14BrN3S. The predicted octanol–water partition coefficient (Wildman–Crippen LogP) is 2.76. The molecule has 0 fully saturated rings. The van der Waals surface area contributed by atoms with Crippen LogP contribution in [0.4, 0.5) is 11.5 Å². The van der Waals surface area contributed by atoms with Crippen LogP contribution < -0.4 is 11.1 Å². The Kier molecular flexibility index (Phi) is 5.57. The number of nitrogens with zero attached hydrogens (tertiary/aromatic N) is 1. The summed E-state index contributed by atoms with van der Waals surface area (Å²) in [4.78, 5) is 4.18. The summed E-state index contributed by atoms with van der Waals surface area (Å²) in [6.07, 6.45) is 3.63. The molecule has 0 spiro atoms. The van der Waals surface area contributed by atoms with Gasteiger partial charge in [0.15, 0.2) is 0 Å². The van der Waals surface area contributed by atoms with Crippen LogP contribution in [-0.4, -0.2) is 23.0 Å². The Bertz CT molecular complexity index is 330. The quantitative estimate of drug-likeness (QED) is 0.624. The smallest absolute Gasteiger partial charge is 0.149 e. The lowest BCUT2D eigenvalue weighted by atomic mass is 10.4. The van der Waals surface area contributed by atoms with Crippen molar-refractivity contribution in [2.45, 2.75) is 0 Å². The van der Waals surface area contributed by atoms with E-state index in [4.69, 9.17) is 5.73 Å². The van der Waals surface area contributed by atoms with E-state index in [0.717, 1.165) is 28.3 Å². The number of nitrogens with one attached hydrogen (secondary N) is 1. The first-order chi connectivity index (χ1) is 7.24. The molecule has 82 valence electrons. The van der Waals surface area contributed by atoms with Crippen molar-refractivity contribution in [2.75, 3.05) is 29.1 Å². The van der Waals surface area contributed by atoms with Crippen LogP contribution in [0.1, 0.15) is 0 Å². The zero-order valence-corrected chi connectivity index (χ0v) is 10.8. The average Bonchev–Trinajstić information content (AvgIpc) is 2.20. The van der Waals surface area contributed by atoms with Gasteiger partial charge in [-0.1, -0.05) is 6.08 Å². The molecule has 5 heteroatoms. The lowest BCUT2D eigenvalue weighted by Crippen LogP contribution is -2.08. The van der Waals surface area contributed by atoms with Crippen molar-refractivity contribution in [3.63, 3.8) is 0 Å². The Morgan fingerprint density at radius 1 is 1.67 bits per heavy atom. The van der Waals surface area contributed by atoms with Gasteiger partial charge >= 0.3 is 0 Å². The van der Waals surface area contributed by atoms with Crippen molar-refractivity contribution >= 4 is 39.2 Å². The van der Waals surface area contributed by atoms with Gasteiger partial charge in [-0.3, -0.25) is 0 Å². The van der Waals surface area contributed by atoms with E-state index in [1.165, 1.54) is 0 Å². The molecule has 0 aliphatic rings. The highest BCUT2D eigenvalue weighted by Crippen LogP contribution is 2.19. The molecule has 1 heterocycles. The maximum atomic E-state index is 5.78. The number of halogens is 1. The van der Waals surface area contributed by atoms with Crippen LogP contribution in [0.25, 0.3) is 0 Å². The average molecular weight is 288 g/mol. The lowest BCUT2D eigenvalue weighted by molar-refractivity contribution is 1.17. The molecule has 1 aromatic heterocycles. The van der Waals surface area contributed by atoms with E-state index in [-0.39, 0.29) is 0 Å². The maximum absolute atomic E-state index is 5.78. The van der Waals surface area contributed by atoms with E-state index in [9.17, 15) is 0 Å². The predicted molar refractivity (Wildman–Crippen MR) is 72.4 cm³/mol. The SMILES string of the molecule is C=CCSCCNc1ncc(Br)cc1N. The largest absolute Gasteiger partial charge is 0.396 e. The number of nitrogens with two attached hydrogens (primary N) is 1. The van der Waals surface area contributed by atoms with Crippen LogP contribution in [-0.2, 0) is 0 Å². The Morgan fingerprint density at radius 2 is 2.47 bits per heavy atom. The van der Waals surface area contributed by atoms with Crippen molar-refractivity contribution in [3.8, 4) is 0 Å². The summed E-state index contributed by atoms with van der Waals surface area (Å²) >= 11 is 5.14. The molecular weight excluding hydrogens is 274 g/mol. The number of pyridine rings is 1. The van der Waals surface area contributed by atoms with Crippen molar-refractivity contribution in [3.05, 3.63) is 29.4 Å². The minimum absolute atomic E-state index is 0.665. The molecule has 1 rings (SSSR count). The number of hydrogen-bond donors (Lipinski definition) is 2. The van der Waals surface area contributed by atoms with E-state index >= 15 is 0 Å². The van der Waals surface area contributed by atoms with Crippen LogP contribution >= 0.6 is 27.7 Å². The van der Waals surface area contributed by atoms with Gasteiger partial charge in [0.2, 0.25) is 0 Å². The van der Waals surface area contributed by atoms with Crippen molar-refractivity contribution in [1.82, 2.24) is 4.98 Å². The number of thioether (sulfide) groups is 1. The van der Waals surface area contributed by atoms with E-state index < -0.39 is 0 Å². The van der Waals surface area contributed by atoms with Gasteiger partial charge in [-0.2, -0.15) is 11.8 Å². The molecule has 0 saturated heterocycles. The second-order valence-electron chi connectivity index (χ2n) is 2.88. The Morgan fingerprint density at radius 3 is 3.13 bits per heavy atom. The normalized spacial score (nSPS) is 9.93. The van der Waals surface area contributed by atoms with Crippen LogP contribution in [0, 0.1) is 0 Å². The Hall–Kier alpha value is -0.680. The molecule has 0 amide bonds. The van der Waals surface area contributed by atoms with Crippen molar-refractivity contribution in [1.29, 1.82) is 0 Å². The highest BCUT2D eigenvalue weighted by molar-refractivity contribution is 9.10. The van der Waals surface area contributed by atoms with Gasteiger partial charge in [0.25, 0.3) is 0 Å². The van der Waals surface area contributed by atoms with Crippen molar-refractivity contribution < 1.29 is 0 Å². The van der Waals surface area contributed by atoms with E-state index in [1.807, 2.05) is 23.9 Å². The van der Waals surface area contributed by atoms with Gasteiger partial charge in [0.1, 0.15) is 5.82 Å². The molecule has 0 atom stereocenters. The first-order valence-corrected chi connectivity index (χ1v) is 6.52. The first kappa shape index (κ1) is 12.4. The summed E-state index contributed by atoms with van der Waals surface area (Å²) in [6.45, 7) is 4.52. The van der Waals surface area contributed by atoms with Crippen LogP contribution in [0.3, 0.4) is 0 Å².